The van der Waals surface area contributed by atoms with Gasteiger partial charge in [0.25, 0.3) is 0 Å². The molecular formula is C12H13BrFNO. The van der Waals surface area contributed by atoms with Gasteiger partial charge in [-0.05, 0) is 24.6 Å². The number of halogens is 2. The summed E-state index contributed by atoms with van der Waals surface area (Å²) in [4.78, 5) is 0. The van der Waals surface area contributed by atoms with Crippen molar-refractivity contribution in [3.05, 3.63) is 29.6 Å². The van der Waals surface area contributed by atoms with Gasteiger partial charge in [-0.2, -0.15) is 5.26 Å². The van der Waals surface area contributed by atoms with Crippen molar-refractivity contribution in [1.29, 1.82) is 5.26 Å². The molecule has 1 aromatic rings. The number of nitrogens with zero attached hydrogens (tertiary/aromatic N) is 1. The summed E-state index contributed by atoms with van der Waals surface area (Å²) in [5.74, 6) is 0.0944. The molecule has 0 N–H and O–H groups in total. The molecule has 0 amide bonds. The molecule has 0 radical (unpaired) electrons. The van der Waals surface area contributed by atoms with Crippen molar-refractivity contribution in [2.24, 2.45) is 5.92 Å². The summed E-state index contributed by atoms with van der Waals surface area (Å²) < 4.78 is 18.8. The number of rotatable bonds is 5. The van der Waals surface area contributed by atoms with E-state index in [1.165, 1.54) is 12.1 Å². The fourth-order valence-corrected chi connectivity index (χ4v) is 1.81. The standard InChI is InChI=1S/C12H13BrFNO/c1-2-9(6-13)8-16-12-4-3-10(7-15)5-11(12)14/h3-5,9H,2,6,8H2,1H3. The first-order valence-corrected chi connectivity index (χ1v) is 6.21. The van der Waals surface area contributed by atoms with Gasteiger partial charge < -0.3 is 4.74 Å². The lowest BCUT2D eigenvalue weighted by Gasteiger charge is -2.13. The van der Waals surface area contributed by atoms with Crippen molar-refractivity contribution in [1.82, 2.24) is 0 Å². The Morgan fingerprint density at radius 3 is 2.81 bits per heavy atom. The molecule has 16 heavy (non-hydrogen) atoms. The van der Waals surface area contributed by atoms with E-state index < -0.39 is 5.82 Å². The zero-order valence-electron chi connectivity index (χ0n) is 9.04. The zero-order chi connectivity index (χ0) is 12.0. The van der Waals surface area contributed by atoms with E-state index in [-0.39, 0.29) is 5.75 Å². The maximum Gasteiger partial charge on any atom is 0.166 e. The van der Waals surface area contributed by atoms with Gasteiger partial charge in [-0.15, -0.1) is 0 Å². The van der Waals surface area contributed by atoms with Crippen molar-refractivity contribution in [3.63, 3.8) is 0 Å². The minimum Gasteiger partial charge on any atom is -0.490 e. The number of hydrogen-bond donors (Lipinski definition) is 0. The summed E-state index contributed by atoms with van der Waals surface area (Å²) in [5, 5.41) is 9.42. The first-order valence-electron chi connectivity index (χ1n) is 5.09. The van der Waals surface area contributed by atoms with Gasteiger partial charge in [-0.25, -0.2) is 4.39 Å². The third-order valence-electron chi connectivity index (χ3n) is 2.33. The molecule has 1 atom stereocenters. The lowest BCUT2D eigenvalue weighted by atomic mass is 10.1. The van der Waals surface area contributed by atoms with Crippen LogP contribution in [0.1, 0.15) is 18.9 Å². The fraction of sp³-hybridized carbons (Fsp3) is 0.417. The van der Waals surface area contributed by atoms with Crippen LogP contribution >= 0.6 is 15.9 Å². The van der Waals surface area contributed by atoms with Gasteiger partial charge >= 0.3 is 0 Å². The molecule has 0 bridgehead atoms. The minimum absolute atomic E-state index is 0.207. The smallest absolute Gasteiger partial charge is 0.166 e. The van der Waals surface area contributed by atoms with Crippen LogP contribution in [-0.2, 0) is 0 Å². The molecule has 0 spiro atoms. The normalized spacial score (nSPS) is 11.9. The van der Waals surface area contributed by atoms with E-state index in [1.54, 1.807) is 6.07 Å². The van der Waals surface area contributed by atoms with Crippen LogP contribution in [0.4, 0.5) is 4.39 Å². The molecule has 0 aliphatic heterocycles. The minimum atomic E-state index is -0.483. The SMILES string of the molecule is CCC(CBr)COc1ccc(C#N)cc1F. The second kappa shape index (κ2) is 6.49. The van der Waals surface area contributed by atoms with E-state index in [9.17, 15) is 4.39 Å². The monoisotopic (exact) mass is 285 g/mol. The highest BCUT2D eigenvalue weighted by atomic mass is 79.9. The quantitative estimate of drug-likeness (QED) is 0.776. The predicted molar refractivity (Wildman–Crippen MR) is 64.2 cm³/mol. The van der Waals surface area contributed by atoms with Gasteiger partial charge in [0.05, 0.1) is 18.2 Å². The number of ether oxygens (including phenoxy) is 1. The summed E-state index contributed by atoms with van der Waals surface area (Å²) in [5.41, 5.74) is 0.303. The molecule has 0 fully saturated rings. The molecule has 0 saturated heterocycles. The highest BCUT2D eigenvalue weighted by Gasteiger charge is 2.08. The number of nitriles is 1. The molecule has 1 aromatic carbocycles. The zero-order valence-corrected chi connectivity index (χ0v) is 10.6. The van der Waals surface area contributed by atoms with Crippen molar-refractivity contribution in [2.45, 2.75) is 13.3 Å². The van der Waals surface area contributed by atoms with Crippen LogP contribution in [0.25, 0.3) is 0 Å². The summed E-state index contributed by atoms with van der Waals surface area (Å²) in [6.07, 6.45) is 0.975. The first kappa shape index (κ1) is 13.0. The van der Waals surface area contributed by atoms with E-state index in [1.807, 2.05) is 6.07 Å². The largest absolute Gasteiger partial charge is 0.490 e. The molecule has 2 nitrogen and oxygen atoms in total. The maximum atomic E-state index is 13.4. The average Bonchev–Trinajstić information content (AvgIpc) is 2.32. The topological polar surface area (TPSA) is 33.0 Å². The molecule has 1 unspecified atom stereocenters. The highest BCUT2D eigenvalue weighted by Crippen LogP contribution is 2.19. The molecule has 86 valence electrons. The van der Waals surface area contributed by atoms with Crippen LogP contribution in [0, 0.1) is 23.1 Å². The molecule has 1 rings (SSSR count). The second-order valence-corrected chi connectivity index (χ2v) is 4.14. The molecule has 0 aromatic heterocycles. The summed E-state index contributed by atoms with van der Waals surface area (Å²) in [6, 6.07) is 6.11. The Kier molecular flexibility index (Phi) is 5.27. The van der Waals surface area contributed by atoms with Crippen LogP contribution in [0.15, 0.2) is 18.2 Å². The second-order valence-electron chi connectivity index (χ2n) is 3.50. The van der Waals surface area contributed by atoms with Crippen LogP contribution in [0.3, 0.4) is 0 Å². The van der Waals surface area contributed by atoms with Gasteiger partial charge in [-0.1, -0.05) is 22.9 Å². The Morgan fingerprint density at radius 2 is 2.31 bits per heavy atom. The Bertz CT molecular complexity index is 385. The van der Waals surface area contributed by atoms with Gasteiger partial charge in [0.1, 0.15) is 0 Å². The van der Waals surface area contributed by atoms with Crippen molar-refractivity contribution in [3.8, 4) is 11.8 Å². The molecular weight excluding hydrogens is 273 g/mol. The van der Waals surface area contributed by atoms with Gasteiger partial charge in [0, 0.05) is 11.2 Å². The Balaban J connectivity index is 2.65. The van der Waals surface area contributed by atoms with Crippen LogP contribution in [-0.4, -0.2) is 11.9 Å². The Morgan fingerprint density at radius 1 is 1.56 bits per heavy atom. The molecule has 4 heteroatoms. The molecule has 0 aliphatic carbocycles. The van der Waals surface area contributed by atoms with E-state index in [4.69, 9.17) is 10.00 Å². The van der Waals surface area contributed by atoms with Gasteiger partial charge in [-0.3, -0.25) is 0 Å². The first-order chi connectivity index (χ1) is 7.71. The number of hydrogen-bond acceptors (Lipinski definition) is 2. The van der Waals surface area contributed by atoms with Crippen LogP contribution in [0.5, 0.6) is 5.75 Å². The van der Waals surface area contributed by atoms with Gasteiger partial charge in [0.2, 0.25) is 0 Å². The van der Waals surface area contributed by atoms with Crippen LogP contribution < -0.4 is 4.74 Å². The highest BCUT2D eigenvalue weighted by molar-refractivity contribution is 9.09. The fourth-order valence-electron chi connectivity index (χ4n) is 1.17. The number of alkyl halides is 1. The van der Waals surface area contributed by atoms with E-state index in [0.29, 0.717) is 18.1 Å². The predicted octanol–water partition coefficient (Wildman–Crippen LogP) is 3.50. The average molecular weight is 286 g/mol. The van der Waals surface area contributed by atoms with Gasteiger partial charge in [0.15, 0.2) is 11.6 Å². The lowest BCUT2D eigenvalue weighted by Crippen LogP contribution is -2.13. The number of benzene rings is 1. The molecule has 0 saturated carbocycles. The molecule has 0 heterocycles. The summed E-state index contributed by atoms with van der Waals surface area (Å²) in [7, 11) is 0. The Labute approximate surface area is 103 Å². The van der Waals surface area contributed by atoms with E-state index in [2.05, 4.69) is 22.9 Å². The van der Waals surface area contributed by atoms with Crippen molar-refractivity contribution < 1.29 is 9.13 Å². The maximum absolute atomic E-state index is 13.4. The van der Waals surface area contributed by atoms with E-state index in [0.717, 1.165) is 11.8 Å². The summed E-state index contributed by atoms with van der Waals surface area (Å²) >= 11 is 3.37. The van der Waals surface area contributed by atoms with Crippen molar-refractivity contribution >= 4 is 15.9 Å². The van der Waals surface area contributed by atoms with Crippen LogP contribution in [0.2, 0.25) is 0 Å². The van der Waals surface area contributed by atoms with Crippen molar-refractivity contribution in [2.75, 3.05) is 11.9 Å². The third kappa shape index (κ3) is 3.49. The molecule has 0 aliphatic rings. The third-order valence-corrected chi connectivity index (χ3v) is 3.25. The van der Waals surface area contributed by atoms with E-state index >= 15 is 0 Å². The summed E-state index contributed by atoms with van der Waals surface area (Å²) in [6.45, 7) is 2.54. The Hall–Kier alpha value is -1.08. The lowest BCUT2D eigenvalue weighted by molar-refractivity contribution is 0.249.